The van der Waals surface area contributed by atoms with E-state index in [1.807, 2.05) is 23.6 Å². The Morgan fingerprint density at radius 1 is 1.26 bits per heavy atom. The van der Waals surface area contributed by atoms with Gasteiger partial charge in [-0.2, -0.15) is 0 Å². The van der Waals surface area contributed by atoms with Crippen molar-refractivity contribution in [3.8, 4) is 0 Å². The molecule has 0 aliphatic carbocycles. The number of nitrogens with zero attached hydrogens (tertiary/aromatic N) is 3. The second-order valence-corrected chi connectivity index (χ2v) is 9.70. The molecule has 27 heavy (non-hydrogen) atoms. The number of hydrogen-bond donors (Lipinski definition) is 2. The van der Waals surface area contributed by atoms with Gasteiger partial charge in [-0.25, -0.2) is 13.4 Å². The summed E-state index contributed by atoms with van der Waals surface area (Å²) in [7, 11) is 0.778. The molecular formula is C17H27N5O4S. The summed E-state index contributed by atoms with van der Waals surface area (Å²) in [6.07, 6.45) is 2.99. The molecule has 1 aromatic heterocycles. The number of nitrogens with one attached hydrogen (secondary N) is 2. The first kappa shape index (κ1) is 19.8. The maximum atomic E-state index is 12.7. The highest BCUT2D eigenvalue weighted by Crippen LogP contribution is 2.21. The van der Waals surface area contributed by atoms with E-state index in [-0.39, 0.29) is 23.2 Å². The molecular weight excluding hydrogens is 370 g/mol. The minimum Gasteiger partial charge on any atom is -0.349 e. The Labute approximate surface area is 159 Å². The van der Waals surface area contributed by atoms with Gasteiger partial charge in [0.25, 0.3) is 11.8 Å². The lowest BCUT2D eigenvalue weighted by molar-refractivity contribution is 0.0925. The third kappa shape index (κ3) is 4.67. The smallest absolute Gasteiger partial charge is 0.287 e. The molecule has 0 spiro atoms. The van der Waals surface area contributed by atoms with Crippen LogP contribution in [0.3, 0.4) is 0 Å². The van der Waals surface area contributed by atoms with Gasteiger partial charge < -0.3 is 20.1 Å². The second-order valence-electron chi connectivity index (χ2n) is 7.47. The summed E-state index contributed by atoms with van der Waals surface area (Å²) in [6.45, 7) is 1.85. The number of hydrogen-bond acceptors (Lipinski definition) is 6. The van der Waals surface area contributed by atoms with Crippen molar-refractivity contribution in [1.82, 2.24) is 25.1 Å². The van der Waals surface area contributed by atoms with Crippen LogP contribution in [-0.2, 0) is 22.8 Å². The predicted molar refractivity (Wildman–Crippen MR) is 101 cm³/mol. The average molecular weight is 398 g/mol. The van der Waals surface area contributed by atoms with E-state index in [0.29, 0.717) is 38.2 Å². The van der Waals surface area contributed by atoms with E-state index in [1.165, 1.54) is 0 Å². The minimum atomic E-state index is -3.08. The van der Waals surface area contributed by atoms with Gasteiger partial charge in [-0.3, -0.25) is 9.59 Å². The largest absolute Gasteiger partial charge is 0.349 e. The number of aromatic nitrogens is 2. The van der Waals surface area contributed by atoms with E-state index in [1.54, 1.807) is 0 Å². The van der Waals surface area contributed by atoms with E-state index in [4.69, 9.17) is 0 Å². The highest BCUT2D eigenvalue weighted by molar-refractivity contribution is 7.91. The fourth-order valence-corrected chi connectivity index (χ4v) is 5.21. The zero-order valence-electron chi connectivity index (χ0n) is 15.8. The Balaban J connectivity index is 1.76. The normalized spacial score (nSPS) is 21.1. The molecule has 10 heteroatoms. The van der Waals surface area contributed by atoms with Crippen LogP contribution in [0.4, 0.5) is 0 Å². The third-order valence-electron chi connectivity index (χ3n) is 4.95. The Kier molecular flexibility index (Phi) is 5.85. The summed E-state index contributed by atoms with van der Waals surface area (Å²) >= 11 is 0. The number of likely N-dealkylation sites (N-methyl/N-ethyl adjacent to an activating group) is 1. The molecule has 0 aromatic carbocycles. The molecule has 2 aliphatic rings. The molecule has 0 bridgehead atoms. The average Bonchev–Trinajstić information content (AvgIpc) is 3.14. The topological polar surface area (TPSA) is 113 Å². The van der Waals surface area contributed by atoms with Crippen molar-refractivity contribution in [3.05, 3.63) is 17.2 Å². The molecule has 2 aliphatic heterocycles. The van der Waals surface area contributed by atoms with Crippen molar-refractivity contribution in [2.45, 2.75) is 38.3 Å². The number of imidazole rings is 1. The number of carbonyl (C=O) groups is 2. The van der Waals surface area contributed by atoms with E-state index in [0.717, 1.165) is 18.5 Å². The van der Waals surface area contributed by atoms with Gasteiger partial charge in [0.15, 0.2) is 15.7 Å². The molecule has 1 aromatic rings. The van der Waals surface area contributed by atoms with Crippen molar-refractivity contribution >= 4 is 21.7 Å². The Bertz CT molecular complexity index is 831. The number of rotatable bonds is 6. The molecule has 0 saturated carbocycles. The van der Waals surface area contributed by atoms with Crippen molar-refractivity contribution in [2.75, 3.05) is 38.7 Å². The Morgan fingerprint density at radius 2 is 2.04 bits per heavy atom. The first-order chi connectivity index (χ1) is 12.8. The number of fused-ring (bicyclic) bond motifs is 1. The minimum absolute atomic E-state index is 0.0375. The van der Waals surface area contributed by atoms with Crippen LogP contribution < -0.4 is 10.6 Å². The maximum Gasteiger partial charge on any atom is 0.287 e. The molecule has 1 fully saturated rings. The highest BCUT2D eigenvalue weighted by atomic mass is 32.2. The van der Waals surface area contributed by atoms with Crippen LogP contribution in [0.2, 0.25) is 0 Å². The number of sulfone groups is 1. The molecule has 1 unspecified atom stereocenters. The quantitative estimate of drug-likeness (QED) is 0.664. The lowest BCUT2D eigenvalue weighted by atomic mass is 10.1. The van der Waals surface area contributed by atoms with E-state index >= 15 is 0 Å². The zero-order chi connectivity index (χ0) is 19.6. The molecule has 3 rings (SSSR count). The van der Waals surface area contributed by atoms with E-state index in [9.17, 15) is 18.0 Å². The van der Waals surface area contributed by atoms with Crippen LogP contribution in [0.5, 0.6) is 0 Å². The molecule has 150 valence electrons. The van der Waals surface area contributed by atoms with Crippen LogP contribution in [0.15, 0.2) is 0 Å². The Hall–Kier alpha value is -1.94. The third-order valence-corrected chi connectivity index (χ3v) is 6.72. The van der Waals surface area contributed by atoms with Crippen molar-refractivity contribution in [1.29, 1.82) is 0 Å². The number of amides is 2. The Morgan fingerprint density at radius 3 is 2.70 bits per heavy atom. The van der Waals surface area contributed by atoms with Gasteiger partial charge in [-0.15, -0.1) is 0 Å². The SMILES string of the molecule is CN(C)CCNC(=O)c1nc(C(=O)NC2CCS(=O)(=O)C2)n2c1CCCC2. The summed E-state index contributed by atoms with van der Waals surface area (Å²) in [5, 5.41) is 5.62. The van der Waals surface area contributed by atoms with Crippen molar-refractivity contribution in [2.24, 2.45) is 0 Å². The van der Waals surface area contributed by atoms with Gasteiger partial charge in [0.05, 0.1) is 17.2 Å². The van der Waals surface area contributed by atoms with Gasteiger partial charge in [0, 0.05) is 25.7 Å². The second kappa shape index (κ2) is 7.97. The summed E-state index contributed by atoms with van der Waals surface area (Å²) in [4.78, 5) is 31.6. The van der Waals surface area contributed by atoms with Gasteiger partial charge in [0.2, 0.25) is 0 Å². The molecule has 3 heterocycles. The van der Waals surface area contributed by atoms with Crippen LogP contribution in [0, 0.1) is 0 Å². The van der Waals surface area contributed by atoms with Gasteiger partial charge >= 0.3 is 0 Å². The molecule has 0 radical (unpaired) electrons. The lowest BCUT2D eigenvalue weighted by Gasteiger charge is -2.18. The summed E-state index contributed by atoms with van der Waals surface area (Å²) < 4.78 is 25.0. The molecule has 2 amide bonds. The highest BCUT2D eigenvalue weighted by Gasteiger charge is 2.32. The van der Waals surface area contributed by atoms with Crippen molar-refractivity contribution in [3.63, 3.8) is 0 Å². The van der Waals surface area contributed by atoms with Crippen LogP contribution in [0.25, 0.3) is 0 Å². The fraction of sp³-hybridized carbons (Fsp3) is 0.706. The van der Waals surface area contributed by atoms with Crippen LogP contribution >= 0.6 is 0 Å². The van der Waals surface area contributed by atoms with Crippen LogP contribution in [0.1, 0.15) is 46.1 Å². The van der Waals surface area contributed by atoms with Gasteiger partial charge in [-0.1, -0.05) is 0 Å². The maximum absolute atomic E-state index is 12.7. The predicted octanol–water partition coefficient (Wildman–Crippen LogP) is -0.572. The van der Waals surface area contributed by atoms with Crippen molar-refractivity contribution < 1.29 is 18.0 Å². The number of carbonyl (C=O) groups excluding carboxylic acids is 2. The summed E-state index contributed by atoms with van der Waals surface area (Å²) in [6, 6.07) is -0.392. The summed E-state index contributed by atoms with van der Waals surface area (Å²) in [5.74, 6) is -0.425. The van der Waals surface area contributed by atoms with Gasteiger partial charge in [-0.05, 0) is 39.8 Å². The standard InChI is InChI=1S/C17H27N5O4S/c1-21(2)9-7-18-16(23)14-13-5-3-4-8-22(13)15(20-14)17(24)19-12-6-10-27(25,26)11-12/h12H,3-11H2,1-2H3,(H,18,23)(H,19,24). The van der Waals surface area contributed by atoms with E-state index < -0.39 is 21.8 Å². The monoisotopic (exact) mass is 397 g/mol. The molecule has 1 saturated heterocycles. The van der Waals surface area contributed by atoms with Crippen LogP contribution in [-0.4, -0.2) is 79.4 Å². The zero-order valence-corrected chi connectivity index (χ0v) is 16.6. The summed E-state index contributed by atoms with van der Waals surface area (Å²) in [5.41, 5.74) is 1.09. The fourth-order valence-electron chi connectivity index (χ4n) is 3.53. The first-order valence-electron chi connectivity index (χ1n) is 9.30. The first-order valence-corrected chi connectivity index (χ1v) is 11.1. The van der Waals surface area contributed by atoms with E-state index in [2.05, 4.69) is 15.6 Å². The lowest BCUT2D eigenvalue weighted by Crippen LogP contribution is -2.37. The molecule has 1 atom stereocenters. The van der Waals surface area contributed by atoms with Gasteiger partial charge in [0.1, 0.15) is 5.69 Å². The molecule has 2 N–H and O–H groups in total. The molecule has 9 nitrogen and oxygen atoms in total.